The Bertz CT molecular complexity index is 885. The summed E-state index contributed by atoms with van der Waals surface area (Å²) in [6, 6.07) is 11.1. The topological polar surface area (TPSA) is 87.3 Å². The third-order valence-corrected chi connectivity index (χ3v) is 4.45. The third kappa shape index (κ3) is 6.25. The Labute approximate surface area is 173 Å². The molecule has 0 heterocycles. The lowest BCUT2D eigenvalue weighted by molar-refractivity contribution is -0.115. The highest BCUT2D eigenvalue weighted by Crippen LogP contribution is 2.22. The molecule has 0 bridgehead atoms. The summed E-state index contributed by atoms with van der Waals surface area (Å²) in [6.45, 7) is 4.25. The fraction of sp³-hybridized carbons (Fsp3) is 0.250. The van der Waals surface area contributed by atoms with Crippen LogP contribution in [0.5, 0.6) is 0 Å². The molecule has 2 aromatic carbocycles. The number of nitrogens with one attached hydrogen (secondary N) is 3. The van der Waals surface area contributed by atoms with Gasteiger partial charge in [-0.1, -0.05) is 49.2 Å². The van der Waals surface area contributed by atoms with Crippen molar-refractivity contribution >= 4 is 46.6 Å². The van der Waals surface area contributed by atoms with E-state index in [-0.39, 0.29) is 23.0 Å². The number of amides is 3. The van der Waals surface area contributed by atoms with E-state index in [1.807, 2.05) is 13.8 Å². The van der Waals surface area contributed by atoms with Crippen LogP contribution in [0.1, 0.15) is 34.6 Å². The van der Waals surface area contributed by atoms with Crippen molar-refractivity contribution in [3.63, 3.8) is 0 Å². The minimum atomic E-state index is -0.461. The first kappa shape index (κ1) is 21.7. The average molecular weight is 422 g/mol. The Hall–Kier alpha value is -2.57. The van der Waals surface area contributed by atoms with Crippen molar-refractivity contribution < 1.29 is 14.4 Å². The number of hydrogen-bond acceptors (Lipinski definition) is 3. The predicted molar refractivity (Wildman–Crippen MR) is 111 cm³/mol. The summed E-state index contributed by atoms with van der Waals surface area (Å²) in [6.07, 6.45) is 0. The highest BCUT2D eigenvalue weighted by molar-refractivity contribution is 6.42. The van der Waals surface area contributed by atoms with Gasteiger partial charge in [0.2, 0.25) is 5.91 Å². The van der Waals surface area contributed by atoms with E-state index < -0.39 is 11.8 Å². The van der Waals surface area contributed by atoms with E-state index in [1.54, 1.807) is 24.3 Å². The Morgan fingerprint density at radius 2 is 1.64 bits per heavy atom. The van der Waals surface area contributed by atoms with Crippen LogP contribution in [0.25, 0.3) is 0 Å². The molecule has 0 aliphatic rings. The van der Waals surface area contributed by atoms with Gasteiger partial charge in [0.15, 0.2) is 0 Å². The Morgan fingerprint density at radius 3 is 2.32 bits per heavy atom. The van der Waals surface area contributed by atoms with Crippen LogP contribution in [0.15, 0.2) is 42.5 Å². The van der Waals surface area contributed by atoms with Crippen molar-refractivity contribution in [3.8, 4) is 0 Å². The van der Waals surface area contributed by atoms with E-state index in [1.165, 1.54) is 18.2 Å². The number of carbonyl (C=O) groups excluding carboxylic acids is 3. The maximum atomic E-state index is 12.3. The molecule has 28 heavy (non-hydrogen) atoms. The van der Waals surface area contributed by atoms with E-state index in [0.717, 1.165) is 0 Å². The second-order valence-corrected chi connectivity index (χ2v) is 7.32. The summed E-state index contributed by atoms with van der Waals surface area (Å²) < 4.78 is 0. The van der Waals surface area contributed by atoms with Crippen molar-refractivity contribution in [2.45, 2.75) is 13.8 Å². The summed E-state index contributed by atoms with van der Waals surface area (Å²) in [4.78, 5) is 36.6. The number of halogens is 2. The lowest BCUT2D eigenvalue weighted by atomic mass is 10.1. The van der Waals surface area contributed by atoms with E-state index >= 15 is 0 Å². The number of hydrogen-bond donors (Lipinski definition) is 3. The van der Waals surface area contributed by atoms with Crippen LogP contribution >= 0.6 is 23.2 Å². The van der Waals surface area contributed by atoms with Crippen LogP contribution in [0.2, 0.25) is 10.0 Å². The van der Waals surface area contributed by atoms with E-state index in [0.29, 0.717) is 28.7 Å². The Kier molecular flexibility index (Phi) is 7.84. The highest BCUT2D eigenvalue weighted by Gasteiger charge is 2.14. The molecule has 148 valence electrons. The van der Waals surface area contributed by atoms with Crippen LogP contribution in [0, 0.1) is 5.92 Å². The molecule has 6 nitrogen and oxygen atoms in total. The van der Waals surface area contributed by atoms with E-state index in [2.05, 4.69) is 16.0 Å². The highest BCUT2D eigenvalue weighted by atomic mass is 35.5. The molecule has 0 atom stereocenters. The van der Waals surface area contributed by atoms with Crippen LogP contribution in [0.3, 0.4) is 0 Å². The van der Waals surface area contributed by atoms with Gasteiger partial charge < -0.3 is 16.0 Å². The maximum absolute atomic E-state index is 12.3. The first-order chi connectivity index (χ1) is 13.3. The van der Waals surface area contributed by atoms with Gasteiger partial charge in [-0.3, -0.25) is 14.4 Å². The monoisotopic (exact) mass is 421 g/mol. The number of para-hydroxylation sites is 1. The molecule has 0 saturated heterocycles. The number of rotatable bonds is 7. The van der Waals surface area contributed by atoms with Crippen LogP contribution in [-0.4, -0.2) is 30.8 Å². The van der Waals surface area contributed by atoms with Gasteiger partial charge in [-0.15, -0.1) is 0 Å². The molecule has 0 fully saturated rings. The zero-order valence-electron chi connectivity index (χ0n) is 15.5. The van der Waals surface area contributed by atoms with Crippen LogP contribution in [-0.2, 0) is 4.79 Å². The number of benzene rings is 2. The third-order valence-electron chi connectivity index (χ3n) is 3.71. The molecule has 2 aromatic rings. The zero-order chi connectivity index (χ0) is 20.7. The molecule has 0 aromatic heterocycles. The van der Waals surface area contributed by atoms with Crippen LogP contribution in [0.4, 0.5) is 5.69 Å². The fourth-order valence-corrected chi connectivity index (χ4v) is 2.57. The molecule has 3 amide bonds. The quantitative estimate of drug-likeness (QED) is 0.635. The summed E-state index contributed by atoms with van der Waals surface area (Å²) in [5.74, 6) is -0.888. The molecule has 0 radical (unpaired) electrons. The molecule has 8 heteroatoms. The molecule has 0 unspecified atom stereocenters. The average Bonchev–Trinajstić information content (AvgIpc) is 2.66. The van der Waals surface area contributed by atoms with Crippen molar-refractivity contribution in [3.05, 3.63) is 63.6 Å². The smallest absolute Gasteiger partial charge is 0.253 e. The second-order valence-electron chi connectivity index (χ2n) is 6.51. The molecule has 0 aliphatic carbocycles. The molecule has 0 saturated carbocycles. The van der Waals surface area contributed by atoms with Crippen molar-refractivity contribution in [2.24, 2.45) is 5.92 Å². The standard InChI is InChI=1S/C20H21Cl2N3O3/c1-12(2)10-23-20(28)14-5-3-4-6-17(14)25-18(26)11-24-19(27)13-7-8-15(21)16(22)9-13/h3-9,12H,10-11H2,1-2H3,(H,23,28)(H,24,27)(H,25,26). The van der Waals surface area contributed by atoms with Crippen LogP contribution < -0.4 is 16.0 Å². The lowest BCUT2D eigenvalue weighted by Crippen LogP contribution is -2.34. The molecule has 2 rings (SSSR count). The normalized spacial score (nSPS) is 10.5. The summed E-state index contributed by atoms with van der Waals surface area (Å²) in [7, 11) is 0. The maximum Gasteiger partial charge on any atom is 0.253 e. The van der Waals surface area contributed by atoms with Crippen molar-refractivity contribution in [1.29, 1.82) is 0 Å². The first-order valence-electron chi connectivity index (χ1n) is 8.68. The fourth-order valence-electron chi connectivity index (χ4n) is 2.28. The molecule has 3 N–H and O–H groups in total. The summed E-state index contributed by atoms with van der Waals surface area (Å²) >= 11 is 11.7. The van der Waals surface area contributed by atoms with Crippen molar-refractivity contribution in [2.75, 3.05) is 18.4 Å². The summed E-state index contributed by atoms with van der Waals surface area (Å²) in [5.41, 5.74) is 1.01. The lowest BCUT2D eigenvalue weighted by Gasteiger charge is -2.13. The van der Waals surface area contributed by atoms with Gasteiger partial charge in [0, 0.05) is 12.1 Å². The molecule has 0 aliphatic heterocycles. The van der Waals surface area contributed by atoms with Gasteiger partial charge in [-0.25, -0.2) is 0 Å². The zero-order valence-corrected chi connectivity index (χ0v) is 17.0. The van der Waals surface area contributed by atoms with Gasteiger partial charge >= 0.3 is 0 Å². The first-order valence-corrected chi connectivity index (χ1v) is 9.44. The molecular formula is C20H21Cl2N3O3. The molecular weight excluding hydrogens is 401 g/mol. The SMILES string of the molecule is CC(C)CNC(=O)c1ccccc1NC(=O)CNC(=O)c1ccc(Cl)c(Cl)c1. The summed E-state index contributed by atoms with van der Waals surface area (Å²) in [5, 5.41) is 8.54. The van der Waals surface area contributed by atoms with Gasteiger partial charge in [0.05, 0.1) is 27.8 Å². The van der Waals surface area contributed by atoms with Gasteiger partial charge in [-0.05, 0) is 36.2 Å². The minimum absolute atomic E-state index is 0.250. The molecule has 0 spiro atoms. The number of anilines is 1. The second kappa shape index (κ2) is 10.1. The number of carbonyl (C=O) groups is 3. The predicted octanol–water partition coefficient (Wildman–Crippen LogP) is 3.75. The largest absolute Gasteiger partial charge is 0.352 e. The minimum Gasteiger partial charge on any atom is -0.352 e. The van der Waals surface area contributed by atoms with Gasteiger partial charge in [-0.2, -0.15) is 0 Å². The van der Waals surface area contributed by atoms with E-state index in [9.17, 15) is 14.4 Å². The van der Waals surface area contributed by atoms with Gasteiger partial charge in [0.1, 0.15) is 0 Å². The van der Waals surface area contributed by atoms with Gasteiger partial charge in [0.25, 0.3) is 11.8 Å². The Morgan fingerprint density at radius 1 is 0.929 bits per heavy atom. The Balaban J connectivity index is 1.96. The van der Waals surface area contributed by atoms with Crippen molar-refractivity contribution in [1.82, 2.24) is 10.6 Å². The van der Waals surface area contributed by atoms with E-state index in [4.69, 9.17) is 23.2 Å².